The number of nitrogens with zero attached hydrogens (tertiary/aromatic N) is 6. The maximum absolute atomic E-state index is 10.8. The summed E-state index contributed by atoms with van der Waals surface area (Å²) >= 11 is 15.3. The van der Waals surface area contributed by atoms with Crippen molar-refractivity contribution in [2.45, 2.75) is 34.0 Å². The summed E-state index contributed by atoms with van der Waals surface area (Å²) in [6.07, 6.45) is -2.67. The number of aliphatic hydroxyl groups is 2. The molecule has 0 saturated heterocycles. The Labute approximate surface area is 215 Å². The molecule has 0 fully saturated rings. The van der Waals surface area contributed by atoms with E-state index in [0.717, 1.165) is 11.1 Å². The molecule has 4 aromatic rings. The number of aromatic nitrogens is 6. The normalized spacial score (nSPS) is 13.2. The summed E-state index contributed by atoms with van der Waals surface area (Å²) in [6, 6.07) is 15.2. The summed E-state index contributed by atoms with van der Waals surface area (Å²) in [7, 11) is 3.48. The largest absolute Gasteiger partial charge is 0.382 e. The van der Waals surface area contributed by atoms with Gasteiger partial charge in [-0.05, 0) is 23.3 Å². The standard InChI is InChI=1S/C22H22Cl2N6O2S2/c1-29-19(25-27-21(29)33-11-13-7-3-5-9-15(13)23)17(31)18(32)20-26-28-22(30(20)2)34-12-14-8-4-6-10-16(14)24/h3-10,17-18,31-32H,11-12H2,1-2H3/t17-,18-/m0/s1. The SMILES string of the molecule is Cn1c(SCc2ccccc2Cl)nnc1[C@@H](O)[C@H](O)c1nnc(SCc2ccccc2Cl)n1C. The zero-order valence-corrected chi connectivity index (χ0v) is 21.5. The molecule has 4 rings (SSSR count). The summed E-state index contributed by atoms with van der Waals surface area (Å²) in [5.41, 5.74) is 1.94. The maximum atomic E-state index is 10.8. The van der Waals surface area contributed by atoms with E-state index >= 15 is 0 Å². The van der Waals surface area contributed by atoms with Gasteiger partial charge in [0.25, 0.3) is 0 Å². The molecule has 8 nitrogen and oxygen atoms in total. The van der Waals surface area contributed by atoms with Crippen molar-refractivity contribution in [2.75, 3.05) is 0 Å². The molecule has 178 valence electrons. The number of benzene rings is 2. The molecule has 0 amide bonds. The highest BCUT2D eigenvalue weighted by Gasteiger charge is 2.30. The molecule has 2 aromatic heterocycles. The number of hydrogen-bond donors (Lipinski definition) is 2. The second-order valence-electron chi connectivity index (χ2n) is 7.45. The average molecular weight is 537 g/mol. The van der Waals surface area contributed by atoms with Crippen LogP contribution in [0.5, 0.6) is 0 Å². The number of thioether (sulfide) groups is 2. The van der Waals surface area contributed by atoms with Crippen LogP contribution in [0.2, 0.25) is 10.0 Å². The number of hydrogen-bond acceptors (Lipinski definition) is 8. The first-order valence-electron chi connectivity index (χ1n) is 10.2. The lowest BCUT2D eigenvalue weighted by Gasteiger charge is -2.16. The predicted molar refractivity (Wildman–Crippen MR) is 134 cm³/mol. The fourth-order valence-corrected chi connectivity index (χ4v) is 5.62. The van der Waals surface area contributed by atoms with Crippen LogP contribution in [0.1, 0.15) is 35.0 Å². The van der Waals surface area contributed by atoms with E-state index in [4.69, 9.17) is 23.2 Å². The van der Waals surface area contributed by atoms with Crippen LogP contribution in [0.15, 0.2) is 58.8 Å². The average Bonchev–Trinajstić information content (AvgIpc) is 3.39. The van der Waals surface area contributed by atoms with E-state index in [1.54, 1.807) is 23.2 Å². The molecule has 2 atom stereocenters. The van der Waals surface area contributed by atoms with Crippen molar-refractivity contribution in [3.63, 3.8) is 0 Å². The van der Waals surface area contributed by atoms with Gasteiger partial charge in [-0.3, -0.25) is 0 Å². The highest BCUT2D eigenvalue weighted by molar-refractivity contribution is 7.98. The van der Waals surface area contributed by atoms with E-state index in [9.17, 15) is 10.2 Å². The summed E-state index contributed by atoms with van der Waals surface area (Å²) in [5.74, 6) is 1.64. The molecule has 0 aliphatic rings. The van der Waals surface area contributed by atoms with Crippen molar-refractivity contribution in [1.82, 2.24) is 29.5 Å². The third-order valence-electron chi connectivity index (χ3n) is 5.19. The second kappa shape index (κ2) is 11.1. The molecule has 12 heteroatoms. The third kappa shape index (κ3) is 5.42. The number of halogens is 2. The Hall–Kier alpha value is -2.08. The first-order valence-corrected chi connectivity index (χ1v) is 13.0. The smallest absolute Gasteiger partial charge is 0.191 e. The topological polar surface area (TPSA) is 102 Å². The van der Waals surface area contributed by atoms with Crippen molar-refractivity contribution >= 4 is 46.7 Å². The Balaban J connectivity index is 1.44. The first kappa shape index (κ1) is 25.0. The van der Waals surface area contributed by atoms with E-state index in [0.29, 0.717) is 31.9 Å². The molecule has 0 bridgehead atoms. The predicted octanol–water partition coefficient (Wildman–Crippen LogP) is 4.60. The van der Waals surface area contributed by atoms with Gasteiger partial charge in [0.15, 0.2) is 22.0 Å². The van der Waals surface area contributed by atoms with E-state index in [1.165, 1.54) is 23.5 Å². The molecule has 0 unspecified atom stereocenters. The van der Waals surface area contributed by atoms with Crippen LogP contribution in [0.25, 0.3) is 0 Å². The maximum Gasteiger partial charge on any atom is 0.191 e. The lowest BCUT2D eigenvalue weighted by molar-refractivity contribution is 0.00246. The second-order valence-corrected chi connectivity index (χ2v) is 10.1. The van der Waals surface area contributed by atoms with E-state index < -0.39 is 12.2 Å². The summed E-state index contributed by atoms with van der Waals surface area (Å²) < 4.78 is 3.30. The van der Waals surface area contributed by atoms with Gasteiger partial charge >= 0.3 is 0 Å². The molecule has 2 N–H and O–H groups in total. The molecule has 0 radical (unpaired) electrons. The van der Waals surface area contributed by atoms with Gasteiger partial charge in [0.2, 0.25) is 0 Å². The van der Waals surface area contributed by atoms with Crippen molar-refractivity contribution < 1.29 is 10.2 Å². The van der Waals surface area contributed by atoms with Gasteiger partial charge in [-0.2, -0.15) is 0 Å². The Morgan fingerprint density at radius 3 is 1.47 bits per heavy atom. The minimum Gasteiger partial charge on any atom is -0.382 e. The highest BCUT2D eigenvalue weighted by atomic mass is 35.5. The highest BCUT2D eigenvalue weighted by Crippen LogP contribution is 2.32. The molecule has 34 heavy (non-hydrogen) atoms. The van der Waals surface area contributed by atoms with Gasteiger partial charge in [-0.25, -0.2) is 0 Å². The van der Waals surface area contributed by atoms with Crippen LogP contribution in [0.3, 0.4) is 0 Å². The van der Waals surface area contributed by atoms with Crippen LogP contribution in [0.4, 0.5) is 0 Å². The summed E-state index contributed by atoms with van der Waals surface area (Å²) in [5, 5.41) is 40.7. The molecule has 0 aliphatic carbocycles. The molecule has 2 heterocycles. The quantitative estimate of drug-likeness (QED) is 0.299. The first-order chi connectivity index (χ1) is 16.4. The monoisotopic (exact) mass is 536 g/mol. The molecular formula is C22H22Cl2N6O2S2. The van der Waals surface area contributed by atoms with E-state index in [1.807, 2.05) is 48.5 Å². The number of aliphatic hydroxyl groups excluding tert-OH is 2. The number of rotatable bonds is 9. The zero-order valence-electron chi connectivity index (χ0n) is 18.3. The van der Waals surface area contributed by atoms with Crippen molar-refractivity contribution in [1.29, 1.82) is 0 Å². The van der Waals surface area contributed by atoms with E-state index in [-0.39, 0.29) is 11.6 Å². The fraction of sp³-hybridized carbons (Fsp3) is 0.273. The van der Waals surface area contributed by atoms with Gasteiger partial charge < -0.3 is 19.3 Å². The summed E-state index contributed by atoms with van der Waals surface area (Å²) in [4.78, 5) is 0. The lowest BCUT2D eigenvalue weighted by Crippen LogP contribution is -2.18. The van der Waals surface area contributed by atoms with Crippen molar-refractivity contribution in [3.05, 3.63) is 81.4 Å². The van der Waals surface area contributed by atoms with Gasteiger partial charge in [0, 0.05) is 35.6 Å². The van der Waals surface area contributed by atoms with Crippen LogP contribution in [-0.2, 0) is 25.6 Å². The van der Waals surface area contributed by atoms with Gasteiger partial charge in [-0.1, -0.05) is 83.1 Å². The lowest BCUT2D eigenvalue weighted by atomic mass is 10.2. The van der Waals surface area contributed by atoms with Crippen LogP contribution in [0, 0.1) is 0 Å². The molecular weight excluding hydrogens is 515 g/mol. The van der Waals surface area contributed by atoms with E-state index in [2.05, 4.69) is 20.4 Å². The molecule has 0 aliphatic heterocycles. The Morgan fingerprint density at radius 1 is 0.706 bits per heavy atom. The fourth-order valence-electron chi connectivity index (χ4n) is 3.22. The van der Waals surface area contributed by atoms with Gasteiger partial charge in [0.05, 0.1) is 0 Å². The Bertz CT molecular complexity index is 1180. The van der Waals surface area contributed by atoms with Crippen molar-refractivity contribution in [2.24, 2.45) is 14.1 Å². The van der Waals surface area contributed by atoms with Crippen LogP contribution < -0.4 is 0 Å². The van der Waals surface area contributed by atoms with Gasteiger partial charge in [-0.15, -0.1) is 20.4 Å². The Morgan fingerprint density at radius 2 is 1.09 bits per heavy atom. The van der Waals surface area contributed by atoms with Crippen LogP contribution >= 0.6 is 46.7 Å². The third-order valence-corrected chi connectivity index (χ3v) is 8.07. The Kier molecular flexibility index (Phi) is 8.18. The minimum absolute atomic E-state index is 0.224. The molecule has 2 aromatic carbocycles. The van der Waals surface area contributed by atoms with Crippen LogP contribution in [-0.4, -0.2) is 39.7 Å². The minimum atomic E-state index is -1.34. The molecule has 0 spiro atoms. The zero-order chi connectivity index (χ0) is 24.2. The molecule has 0 saturated carbocycles. The summed E-state index contributed by atoms with van der Waals surface area (Å²) in [6.45, 7) is 0. The van der Waals surface area contributed by atoms with Crippen molar-refractivity contribution in [3.8, 4) is 0 Å². The van der Waals surface area contributed by atoms with Gasteiger partial charge in [0.1, 0.15) is 12.2 Å².